The fourth-order valence-electron chi connectivity index (χ4n) is 1.70. The molecule has 14 heavy (non-hydrogen) atoms. The van der Waals surface area contributed by atoms with Crippen molar-refractivity contribution in [2.45, 2.75) is 24.3 Å². The number of fused-ring (bicyclic) bond motifs is 1. The van der Waals surface area contributed by atoms with E-state index in [0.29, 0.717) is 6.04 Å². The van der Waals surface area contributed by atoms with Crippen molar-refractivity contribution in [3.05, 3.63) is 29.6 Å². The van der Waals surface area contributed by atoms with Gasteiger partial charge in [0.1, 0.15) is 5.82 Å². The van der Waals surface area contributed by atoms with E-state index in [1.165, 1.54) is 6.07 Å². The van der Waals surface area contributed by atoms with Crippen LogP contribution in [0.1, 0.15) is 24.9 Å². The van der Waals surface area contributed by atoms with Crippen molar-refractivity contribution in [1.29, 1.82) is 0 Å². The molecule has 0 bridgehead atoms. The first-order valence-corrected chi connectivity index (χ1v) is 5.96. The first-order valence-electron chi connectivity index (χ1n) is 4.97. The summed E-state index contributed by atoms with van der Waals surface area (Å²) in [6, 6.07) is 5.69. The van der Waals surface area contributed by atoms with E-state index in [-0.39, 0.29) is 5.82 Å². The summed E-state index contributed by atoms with van der Waals surface area (Å²) in [5.74, 6) is 0.879. The van der Waals surface area contributed by atoms with Crippen LogP contribution in [0.3, 0.4) is 0 Å². The van der Waals surface area contributed by atoms with Crippen molar-refractivity contribution < 1.29 is 4.39 Å². The summed E-state index contributed by atoms with van der Waals surface area (Å²) in [6.07, 6.45) is 1.12. The molecule has 0 spiro atoms. The monoisotopic (exact) mass is 211 g/mol. The van der Waals surface area contributed by atoms with Gasteiger partial charge in [-0.3, -0.25) is 0 Å². The van der Waals surface area contributed by atoms with Gasteiger partial charge in [0.05, 0.1) is 0 Å². The number of nitrogens with one attached hydrogen (secondary N) is 1. The van der Waals surface area contributed by atoms with Crippen molar-refractivity contribution in [2.75, 3.05) is 12.3 Å². The normalized spacial score (nSPS) is 19.7. The molecule has 1 aromatic rings. The Morgan fingerprint density at radius 1 is 1.57 bits per heavy atom. The maximum Gasteiger partial charge on any atom is 0.137 e. The van der Waals surface area contributed by atoms with Gasteiger partial charge in [0.15, 0.2) is 0 Å². The van der Waals surface area contributed by atoms with Crippen LogP contribution < -0.4 is 5.32 Å². The highest BCUT2D eigenvalue weighted by molar-refractivity contribution is 7.99. The molecule has 0 radical (unpaired) electrons. The fourth-order valence-corrected chi connectivity index (χ4v) is 2.91. The maximum absolute atomic E-state index is 13.3. The van der Waals surface area contributed by atoms with Gasteiger partial charge in [0, 0.05) is 16.7 Å². The number of thioether (sulfide) groups is 1. The molecule has 1 heterocycles. The zero-order valence-electron chi connectivity index (χ0n) is 8.22. The topological polar surface area (TPSA) is 12.0 Å². The first-order chi connectivity index (χ1) is 6.83. The number of hydrogen-bond acceptors (Lipinski definition) is 2. The summed E-state index contributed by atoms with van der Waals surface area (Å²) >= 11 is 1.62. The second kappa shape index (κ2) is 4.32. The predicted octanol–water partition coefficient (Wildman–Crippen LogP) is 2.97. The van der Waals surface area contributed by atoms with Crippen molar-refractivity contribution in [3.63, 3.8) is 0 Å². The van der Waals surface area contributed by atoms with E-state index in [4.69, 9.17) is 0 Å². The Morgan fingerprint density at radius 3 is 3.21 bits per heavy atom. The van der Waals surface area contributed by atoms with Gasteiger partial charge >= 0.3 is 0 Å². The van der Waals surface area contributed by atoms with Gasteiger partial charge in [-0.2, -0.15) is 0 Å². The van der Waals surface area contributed by atoms with Gasteiger partial charge in [-0.1, -0.05) is 19.1 Å². The van der Waals surface area contributed by atoms with Gasteiger partial charge in [-0.25, -0.2) is 4.39 Å². The molecule has 2 rings (SSSR count). The summed E-state index contributed by atoms with van der Waals surface area (Å²) < 4.78 is 13.3. The molecule has 0 aromatic heterocycles. The van der Waals surface area contributed by atoms with Crippen LogP contribution in [0.25, 0.3) is 0 Å². The summed E-state index contributed by atoms with van der Waals surface area (Å²) in [6.45, 7) is 3.14. The summed E-state index contributed by atoms with van der Waals surface area (Å²) in [7, 11) is 0. The van der Waals surface area contributed by atoms with E-state index in [1.807, 2.05) is 6.07 Å². The molecule has 0 saturated heterocycles. The highest BCUT2D eigenvalue weighted by atomic mass is 32.2. The van der Waals surface area contributed by atoms with E-state index in [0.717, 1.165) is 29.2 Å². The molecule has 0 saturated carbocycles. The highest BCUT2D eigenvalue weighted by Gasteiger charge is 2.24. The van der Waals surface area contributed by atoms with Crippen molar-refractivity contribution in [3.8, 4) is 0 Å². The van der Waals surface area contributed by atoms with Gasteiger partial charge < -0.3 is 5.32 Å². The lowest BCUT2D eigenvalue weighted by atomic mass is 10.1. The van der Waals surface area contributed by atoms with E-state index in [1.54, 1.807) is 17.8 Å². The van der Waals surface area contributed by atoms with Crippen molar-refractivity contribution in [2.24, 2.45) is 0 Å². The van der Waals surface area contributed by atoms with Crippen LogP contribution in [-0.4, -0.2) is 12.3 Å². The number of halogens is 1. The molecule has 1 aliphatic rings. The summed E-state index contributed by atoms with van der Waals surface area (Å²) in [4.78, 5) is 0.834. The Bertz CT molecular complexity index is 327. The number of hydrogen-bond donors (Lipinski definition) is 1. The van der Waals surface area contributed by atoms with Gasteiger partial charge in [0.2, 0.25) is 0 Å². The van der Waals surface area contributed by atoms with Gasteiger partial charge in [0.25, 0.3) is 0 Å². The zero-order valence-corrected chi connectivity index (χ0v) is 9.03. The quantitative estimate of drug-likeness (QED) is 0.825. The lowest BCUT2D eigenvalue weighted by Gasteiger charge is -2.11. The Kier molecular flexibility index (Phi) is 3.08. The van der Waals surface area contributed by atoms with Crippen LogP contribution in [0.5, 0.6) is 0 Å². The maximum atomic E-state index is 13.3. The number of rotatable bonds is 3. The molecule has 1 aliphatic heterocycles. The SMILES string of the molecule is CCCNC1CSc2c(F)cccc21. The second-order valence-corrected chi connectivity index (χ2v) is 4.51. The molecule has 76 valence electrons. The van der Waals surface area contributed by atoms with Crippen molar-refractivity contribution in [1.82, 2.24) is 5.32 Å². The fraction of sp³-hybridized carbons (Fsp3) is 0.455. The minimum atomic E-state index is -0.0756. The Balaban J connectivity index is 2.18. The van der Waals surface area contributed by atoms with Crippen molar-refractivity contribution >= 4 is 11.8 Å². The highest BCUT2D eigenvalue weighted by Crippen LogP contribution is 2.39. The van der Waals surface area contributed by atoms with Crippen LogP contribution in [0.4, 0.5) is 4.39 Å². The molecule has 3 heteroatoms. The Hall–Kier alpha value is -0.540. The van der Waals surface area contributed by atoms with E-state index < -0.39 is 0 Å². The Morgan fingerprint density at radius 2 is 2.43 bits per heavy atom. The molecule has 1 N–H and O–H groups in total. The molecule has 0 fully saturated rings. The predicted molar refractivity (Wildman–Crippen MR) is 58.2 cm³/mol. The van der Waals surface area contributed by atoms with E-state index in [9.17, 15) is 4.39 Å². The van der Waals surface area contributed by atoms with Gasteiger partial charge in [-0.15, -0.1) is 11.8 Å². The lowest BCUT2D eigenvalue weighted by molar-refractivity contribution is 0.561. The van der Waals surface area contributed by atoms with Crippen LogP contribution >= 0.6 is 11.8 Å². The minimum absolute atomic E-state index is 0.0756. The van der Waals surface area contributed by atoms with Crippen LogP contribution in [0.15, 0.2) is 23.1 Å². The number of benzene rings is 1. The largest absolute Gasteiger partial charge is 0.309 e. The lowest BCUT2D eigenvalue weighted by Crippen LogP contribution is -2.21. The minimum Gasteiger partial charge on any atom is -0.309 e. The third kappa shape index (κ3) is 1.79. The molecule has 0 amide bonds. The van der Waals surface area contributed by atoms with Crippen LogP contribution in [0.2, 0.25) is 0 Å². The molecule has 1 atom stereocenters. The smallest absolute Gasteiger partial charge is 0.137 e. The first kappa shape index (κ1) is 9.99. The molecule has 1 nitrogen and oxygen atoms in total. The molecule has 1 aromatic carbocycles. The van der Waals surface area contributed by atoms with Gasteiger partial charge in [-0.05, 0) is 24.6 Å². The van der Waals surface area contributed by atoms with Crippen LogP contribution in [0, 0.1) is 5.82 Å². The van der Waals surface area contributed by atoms with E-state index in [2.05, 4.69) is 12.2 Å². The average molecular weight is 211 g/mol. The molecule has 1 unspecified atom stereocenters. The average Bonchev–Trinajstić information content (AvgIpc) is 2.60. The summed E-state index contributed by atoms with van der Waals surface area (Å²) in [5, 5.41) is 3.43. The van der Waals surface area contributed by atoms with E-state index >= 15 is 0 Å². The molecular weight excluding hydrogens is 197 g/mol. The zero-order chi connectivity index (χ0) is 9.97. The molecule has 0 aliphatic carbocycles. The standard InChI is InChI=1S/C11H14FNS/c1-2-6-13-10-7-14-11-8(10)4-3-5-9(11)12/h3-5,10,13H,2,6-7H2,1H3. The van der Waals surface area contributed by atoms with Crippen LogP contribution in [-0.2, 0) is 0 Å². The second-order valence-electron chi connectivity index (χ2n) is 3.48. The third-order valence-electron chi connectivity index (χ3n) is 2.41. The molecular formula is C11H14FNS. The summed E-state index contributed by atoms with van der Waals surface area (Å²) in [5.41, 5.74) is 1.13. The third-order valence-corrected chi connectivity index (χ3v) is 3.63. The Labute approximate surface area is 88.1 Å².